The average molecular weight is 254 g/mol. The van der Waals surface area contributed by atoms with Crippen LogP contribution in [0.4, 0.5) is 4.39 Å². The Morgan fingerprint density at radius 1 is 1.50 bits per heavy atom. The summed E-state index contributed by atoms with van der Waals surface area (Å²) in [5, 5.41) is 12.1. The lowest BCUT2D eigenvalue weighted by atomic mass is 9.95. The maximum Gasteiger partial charge on any atom is 0.248 e. The van der Waals surface area contributed by atoms with Gasteiger partial charge in [-0.3, -0.25) is 4.79 Å². The summed E-state index contributed by atoms with van der Waals surface area (Å²) in [7, 11) is 0. The highest BCUT2D eigenvalue weighted by Gasteiger charge is 2.16. The first-order valence-electron chi connectivity index (χ1n) is 5.75. The molecule has 1 aromatic carbocycles. The number of aliphatic hydroxyl groups excluding tert-OH is 1. The molecule has 0 atom stereocenters. The number of primary amides is 1. The predicted molar refractivity (Wildman–Crippen MR) is 67.5 cm³/mol. The first kappa shape index (κ1) is 14.6. The number of nitrogens with two attached hydrogens (primary N) is 1. The SMILES string of the molecule is CC(C)(CO)CNCc1cc(C(N)=O)ccc1F. The molecule has 0 heterocycles. The summed E-state index contributed by atoms with van der Waals surface area (Å²) in [5.41, 5.74) is 5.55. The van der Waals surface area contributed by atoms with Gasteiger partial charge in [-0.1, -0.05) is 13.8 Å². The molecule has 4 N–H and O–H groups in total. The van der Waals surface area contributed by atoms with Crippen molar-refractivity contribution in [1.82, 2.24) is 5.32 Å². The zero-order chi connectivity index (χ0) is 13.8. The van der Waals surface area contributed by atoms with Crippen LogP contribution in [0, 0.1) is 11.2 Å². The number of carbonyl (C=O) groups excluding carboxylic acids is 1. The van der Waals surface area contributed by atoms with E-state index in [0.29, 0.717) is 12.1 Å². The topological polar surface area (TPSA) is 75.3 Å². The number of halogens is 1. The van der Waals surface area contributed by atoms with E-state index in [-0.39, 0.29) is 29.9 Å². The molecule has 4 nitrogen and oxygen atoms in total. The second-order valence-corrected chi connectivity index (χ2v) is 5.10. The molecule has 5 heteroatoms. The van der Waals surface area contributed by atoms with Crippen molar-refractivity contribution in [2.45, 2.75) is 20.4 Å². The number of nitrogens with one attached hydrogen (secondary N) is 1. The molecule has 1 rings (SSSR count). The van der Waals surface area contributed by atoms with Gasteiger partial charge in [0, 0.05) is 36.2 Å². The highest BCUT2D eigenvalue weighted by Crippen LogP contribution is 2.13. The van der Waals surface area contributed by atoms with Crippen LogP contribution >= 0.6 is 0 Å². The van der Waals surface area contributed by atoms with E-state index in [1.165, 1.54) is 18.2 Å². The quantitative estimate of drug-likeness (QED) is 0.710. The molecule has 18 heavy (non-hydrogen) atoms. The van der Waals surface area contributed by atoms with Crippen LogP contribution in [0.5, 0.6) is 0 Å². The van der Waals surface area contributed by atoms with Crippen LogP contribution in [0.3, 0.4) is 0 Å². The molecule has 100 valence electrons. The molecular weight excluding hydrogens is 235 g/mol. The summed E-state index contributed by atoms with van der Waals surface area (Å²) in [4.78, 5) is 11.0. The Bertz CT molecular complexity index is 433. The van der Waals surface area contributed by atoms with Crippen LogP contribution in [-0.4, -0.2) is 24.2 Å². The van der Waals surface area contributed by atoms with E-state index in [4.69, 9.17) is 10.8 Å². The van der Waals surface area contributed by atoms with Gasteiger partial charge in [-0.25, -0.2) is 4.39 Å². The van der Waals surface area contributed by atoms with Crippen molar-refractivity contribution in [3.8, 4) is 0 Å². The first-order chi connectivity index (χ1) is 8.35. The van der Waals surface area contributed by atoms with Gasteiger partial charge >= 0.3 is 0 Å². The number of benzene rings is 1. The van der Waals surface area contributed by atoms with Crippen molar-refractivity contribution in [2.75, 3.05) is 13.2 Å². The summed E-state index contributed by atoms with van der Waals surface area (Å²) in [6.45, 7) is 4.68. The maximum atomic E-state index is 13.5. The highest BCUT2D eigenvalue weighted by molar-refractivity contribution is 5.92. The molecule has 0 aromatic heterocycles. The van der Waals surface area contributed by atoms with Crippen molar-refractivity contribution >= 4 is 5.91 Å². The molecule has 0 spiro atoms. The molecule has 1 amide bonds. The van der Waals surface area contributed by atoms with E-state index in [2.05, 4.69) is 5.32 Å². The molecule has 0 bridgehead atoms. The first-order valence-corrected chi connectivity index (χ1v) is 5.75. The summed E-state index contributed by atoms with van der Waals surface area (Å²) >= 11 is 0. The normalized spacial score (nSPS) is 11.6. The third kappa shape index (κ3) is 4.09. The fraction of sp³-hybridized carbons (Fsp3) is 0.462. The van der Waals surface area contributed by atoms with Gasteiger partial charge in [0.2, 0.25) is 5.91 Å². The van der Waals surface area contributed by atoms with Crippen LogP contribution in [0.2, 0.25) is 0 Å². The summed E-state index contributed by atoms with van der Waals surface area (Å²) < 4.78 is 13.5. The zero-order valence-corrected chi connectivity index (χ0v) is 10.7. The third-order valence-corrected chi connectivity index (χ3v) is 2.68. The van der Waals surface area contributed by atoms with Crippen LogP contribution in [0.15, 0.2) is 18.2 Å². The van der Waals surface area contributed by atoms with E-state index in [1.54, 1.807) is 0 Å². The lowest BCUT2D eigenvalue weighted by molar-refractivity contribution is 0.1000. The van der Waals surface area contributed by atoms with E-state index >= 15 is 0 Å². The molecule has 0 aliphatic rings. The fourth-order valence-corrected chi connectivity index (χ4v) is 1.45. The molecule has 1 aromatic rings. The Morgan fingerprint density at radius 2 is 2.17 bits per heavy atom. The third-order valence-electron chi connectivity index (χ3n) is 2.68. The van der Waals surface area contributed by atoms with Gasteiger partial charge in [-0.05, 0) is 18.2 Å². The van der Waals surface area contributed by atoms with Gasteiger partial charge in [-0.15, -0.1) is 0 Å². The number of amides is 1. The van der Waals surface area contributed by atoms with E-state index in [9.17, 15) is 9.18 Å². The van der Waals surface area contributed by atoms with Gasteiger partial charge in [0.25, 0.3) is 0 Å². The zero-order valence-electron chi connectivity index (χ0n) is 10.7. The molecule has 0 fully saturated rings. The van der Waals surface area contributed by atoms with E-state index < -0.39 is 5.91 Å². The molecule has 0 radical (unpaired) electrons. The lowest BCUT2D eigenvalue weighted by Crippen LogP contribution is -2.32. The Hall–Kier alpha value is -1.46. The summed E-state index contributed by atoms with van der Waals surface area (Å²) in [6, 6.07) is 4.03. The minimum Gasteiger partial charge on any atom is -0.396 e. The number of hydrogen-bond donors (Lipinski definition) is 3. The Kier molecular flexibility index (Phi) is 4.81. The highest BCUT2D eigenvalue weighted by atomic mass is 19.1. The van der Waals surface area contributed by atoms with Crippen molar-refractivity contribution in [3.63, 3.8) is 0 Å². The van der Waals surface area contributed by atoms with E-state index in [0.717, 1.165) is 0 Å². The second-order valence-electron chi connectivity index (χ2n) is 5.10. The number of aliphatic hydroxyl groups is 1. The van der Waals surface area contributed by atoms with Gasteiger partial charge < -0.3 is 16.2 Å². The summed E-state index contributed by atoms with van der Waals surface area (Å²) in [5.74, 6) is -0.957. The standard InChI is InChI=1S/C13H19FN2O2/c1-13(2,8-17)7-16-6-10-5-9(12(15)18)3-4-11(10)14/h3-5,16-17H,6-8H2,1-2H3,(H2,15,18). The Morgan fingerprint density at radius 3 is 2.72 bits per heavy atom. The Labute approximate surface area is 106 Å². The summed E-state index contributed by atoms with van der Waals surface area (Å²) in [6.07, 6.45) is 0. The molecule has 0 aliphatic heterocycles. The van der Waals surface area contributed by atoms with Gasteiger partial charge in [-0.2, -0.15) is 0 Å². The minimum atomic E-state index is -0.577. The molecule has 0 saturated heterocycles. The largest absolute Gasteiger partial charge is 0.396 e. The molecule has 0 saturated carbocycles. The monoisotopic (exact) mass is 254 g/mol. The predicted octanol–water partition coefficient (Wildman–Crippen LogP) is 1.03. The van der Waals surface area contributed by atoms with Crippen molar-refractivity contribution in [1.29, 1.82) is 0 Å². The van der Waals surface area contributed by atoms with E-state index in [1.807, 2.05) is 13.8 Å². The van der Waals surface area contributed by atoms with Crippen molar-refractivity contribution in [2.24, 2.45) is 11.1 Å². The second kappa shape index (κ2) is 5.93. The van der Waals surface area contributed by atoms with Gasteiger partial charge in [0.1, 0.15) is 5.82 Å². The van der Waals surface area contributed by atoms with Gasteiger partial charge in [0.15, 0.2) is 0 Å². The Balaban J connectivity index is 2.67. The van der Waals surface area contributed by atoms with Crippen LogP contribution in [0.25, 0.3) is 0 Å². The molecular formula is C13H19FN2O2. The van der Waals surface area contributed by atoms with Crippen LogP contribution in [0.1, 0.15) is 29.8 Å². The number of carbonyl (C=O) groups is 1. The number of hydrogen-bond acceptors (Lipinski definition) is 3. The van der Waals surface area contributed by atoms with Crippen molar-refractivity contribution in [3.05, 3.63) is 35.1 Å². The molecule has 0 aliphatic carbocycles. The maximum absolute atomic E-state index is 13.5. The fourth-order valence-electron chi connectivity index (χ4n) is 1.45. The van der Waals surface area contributed by atoms with Crippen LogP contribution < -0.4 is 11.1 Å². The number of rotatable bonds is 6. The van der Waals surface area contributed by atoms with Gasteiger partial charge in [0.05, 0.1) is 0 Å². The van der Waals surface area contributed by atoms with Crippen molar-refractivity contribution < 1.29 is 14.3 Å². The lowest BCUT2D eigenvalue weighted by Gasteiger charge is -2.22. The molecule has 0 unspecified atom stereocenters. The smallest absolute Gasteiger partial charge is 0.248 e. The average Bonchev–Trinajstić information content (AvgIpc) is 2.31. The minimum absolute atomic E-state index is 0.0454. The van der Waals surface area contributed by atoms with Crippen LogP contribution in [-0.2, 0) is 6.54 Å².